The lowest BCUT2D eigenvalue weighted by Gasteiger charge is -1.92. The van der Waals surface area contributed by atoms with Crippen LogP contribution in [0.1, 0.15) is 19.4 Å². The van der Waals surface area contributed by atoms with Crippen LogP contribution in [0.5, 0.6) is 0 Å². The summed E-state index contributed by atoms with van der Waals surface area (Å²) in [6.07, 6.45) is 1.29. The second-order valence-corrected chi connectivity index (χ2v) is 2.17. The molecule has 12 heavy (non-hydrogen) atoms. The molecule has 0 unspecified atom stereocenters. The summed E-state index contributed by atoms with van der Waals surface area (Å²) in [5.74, 6) is 0. The van der Waals surface area contributed by atoms with Crippen molar-refractivity contribution in [3.63, 3.8) is 0 Å². The van der Waals surface area contributed by atoms with Crippen molar-refractivity contribution in [2.45, 2.75) is 13.8 Å². The van der Waals surface area contributed by atoms with E-state index in [9.17, 15) is 0 Å². The fourth-order valence-corrected chi connectivity index (χ4v) is 0.827. The number of hydrogen-bond donors (Lipinski definition) is 1. The Morgan fingerprint density at radius 1 is 1.33 bits per heavy atom. The maximum absolute atomic E-state index is 8.15. The van der Waals surface area contributed by atoms with Crippen LogP contribution in [0.25, 0.3) is 0 Å². The van der Waals surface area contributed by atoms with Gasteiger partial charge in [-0.3, -0.25) is 0 Å². The van der Waals surface area contributed by atoms with Crippen LogP contribution in [0, 0.1) is 0 Å². The molecule has 0 heterocycles. The zero-order valence-electron chi connectivity index (χ0n) is 7.16. The van der Waals surface area contributed by atoms with Crippen molar-refractivity contribution in [3.8, 4) is 0 Å². The van der Waals surface area contributed by atoms with Gasteiger partial charge in [0.05, 0.1) is 6.21 Å². The molecule has 0 aliphatic rings. The summed E-state index contributed by atoms with van der Waals surface area (Å²) in [4.78, 5) is 0. The zero-order chi connectivity index (χ0) is 9.40. The highest BCUT2D eigenvalue weighted by atomic mass is 35.5. The van der Waals surface area contributed by atoms with Gasteiger partial charge in [0, 0.05) is 10.6 Å². The van der Waals surface area contributed by atoms with E-state index in [0.717, 1.165) is 0 Å². The summed E-state index contributed by atoms with van der Waals surface area (Å²) in [7, 11) is 0. The van der Waals surface area contributed by atoms with Crippen molar-refractivity contribution in [2.75, 3.05) is 0 Å². The Morgan fingerprint density at radius 2 is 1.92 bits per heavy atom. The fourth-order valence-electron chi connectivity index (χ4n) is 0.642. The highest BCUT2D eigenvalue weighted by Crippen LogP contribution is 2.11. The van der Waals surface area contributed by atoms with Crippen LogP contribution in [-0.2, 0) is 0 Å². The number of hydrogen-bond acceptors (Lipinski definition) is 2. The lowest BCUT2D eigenvalue weighted by Crippen LogP contribution is -1.80. The first kappa shape index (κ1) is 11.0. The third-order valence-electron chi connectivity index (χ3n) is 1.10. The van der Waals surface area contributed by atoms with E-state index in [-0.39, 0.29) is 0 Å². The third-order valence-corrected chi connectivity index (χ3v) is 1.45. The summed E-state index contributed by atoms with van der Waals surface area (Å²) in [5.41, 5.74) is 0.715. The van der Waals surface area contributed by atoms with Gasteiger partial charge in [0.15, 0.2) is 0 Å². The predicted octanol–water partition coefficient (Wildman–Crippen LogP) is 3.17. The molecule has 0 bridgehead atoms. The van der Waals surface area contributed by atoms with E-state index in [2.05, 4.69) is 5.16 Å². The molecule has 1 N–H and O–H groups in total. The van der Waals surface area contributed by atoms with Gasteiger partial charge in [-0.05, 0) is 6.07 Å². The highest BCUT2D eigenvalue weighted by Gasteiger charge is 1.92. The maximum Gasteiger partial charge on any atom is 0.0748 e. The molecule has 0 aliphatic heterocycles. The molecule has 0 atom stereocenters. The topological polar surface area (TPSA) is 32.6 Å². The molecule has 0 aromatic heterocycles. The van der Waals surface area contributed by atoms with Crippen LogP contribution in [0.15, 0.2) is 29.4 Å². The Bertz CT molecular complexity index is 248. The van der Waals surface area contributed by atoms with Crippen LogP contribution in [0.2, 0.25) is 5.02 Å². The van der Waals surface area contributed by atoms with Gasteiger partial charge < -0.3 is 5.21 Å². The van der Waals surface area contributed by atoms with Crippen LogP contribution in [0.3, 0.4) is 0 Å². The average Bonchev–Trinajstić information content (AvgIpc) is 2.13. The Kier molecular flexibility index (Phi) is 6.11. The molecule has 0 saturated heterocycles. The van der Waals surface area contributed by atoms with E-state index in [4.69, 9.17) is 16.8 Å². The minimum Gasteiger partial charge on any atom is -0.411 e. The molecule has 0 fully saturated rings. The predicted molar refractivity (Wildman–Crippen MR) is 52.2 cm³/mol. The summed E-state index contributed by atoms with van der Waals surface area (Å²) < 4.78 is 0. The van der Waals surface area contributed by atoms with Gasteiger partial charge in [-0.1, -0.05) is 48.8 Å². The molecule has 2 nitrogen and oxygen atoms in total. The van der Waals surface area contributed by atoms with Gasteiger partial charge in [-0.2, -0.15) is 0 Å². The lowest BCUT2D eigenvalue weighted by molar-refractivity contribution is 0.322. The molecule has 3 heteroatoms. The van der Waals surface area contributed by atoms with Crippen molar-refractivity contribution in [2.24, 2.45) is 5.16 Å². The summed E-state index contributed by atoms with van der Waals surface area (Å²) in [5, 5.41) is 11.6. The van der Waals surface area contributed by atoms with Crippen molar-refractivity contribution < 1.29 is 5.21 Å². The monoisotopic (exact) mass is 185 g/mol. The van der Waals surface area contributed by atoms with Gasteiger partial charge in [-0.15, -0.1) is 0 Å². The number of benzene rings is 1. The molecule has 1 aromatic rings. The van der Waals surface area contributed by atoms with Crippen LogP contribution >= 0.6 is 11.6 Å². The third kappa shape index (κ3) is 3.39. The molecule has 0 spiro atoms. The summed E-state index contributed by atoms with van der Waals surface area (Å²) >= 11 is 5.70. The molecule has 66 valence electrons. The molecule has 0 radical (unpaired) electrons. The van der Waals surface area contributed by atoms with Gasteiger partial charge >= 0.3 is 0 Å². The van der Waals surface area contributed by atoms with Crippen molar-refractivity contribution in [1.82, 2.24) is 0 Å². The van der Waals surface area contributed by atoms with E-state index < -0.39 is 0 Å². The van der Waals surface area contributed by atoms with Crippen LogP contribution in [-0.4, -0.2) is 11.4 Å². The molecular formula is C9H12ClNO. The standard InChI is InChI=1S/C7H6ClNO.C2H6/c8-7-4-2-1-3-6(7)5-9-10;1-2/h1-5,10H;1-2H3/b9-5+;. The Labute approximate surface area is 77.5 Å². The lowest BCUT2D eigenvalue weighted by atomic mass is 10.2. The van der Waals surface area contributed by atoms with E-state index in [1.807, 2.05) is 26.0 Å². The van der Waals surface area contributed by atoms with Crippen molar-refractivity contribution >= 4 is 17.8 Å². The quantitative estimate of drug-likeness (QED) is 0.407. The second kappa shape index (κ2) is 6.68. The molecular weight excluding hydrogens is 174 g/mol. The van der Waals surface area contributed by atoms with Crippen molar-refractivity contribution in [3.05, 3.63) is 34.9 Å². The van der Waals surface area contributed by atoms with Gasteiger partial charge in [0.1, 0.15) is 0 Å². The van der Waals surface area contributed by atoms with Gasteiger partial charge in [0.2, 0.25) is 0 Å². The Balaban J connectivity index is 0.000000561. The molecule has 1 rings (SSSR count). The van der Waals surface area contributed by atoms with E-state index >= 15 is 0 Å². The number of oxime groups is 1. The van der Waals surface area contributed by atoms with Crippen LogP contribution < -0.4 is 0 Å². The largest absolute Gasteiger partial charge is 0.411 e. The number of rotatable bonds is 1. The number of nitrogens with zero attached hydrogens (tertiary/aromatic N) is 1. The molecule has 1 aromatic carbocycles. The minimum absolute atomic E-state index is 0.584. The average molecular weight is 186 g/mol. The molecule has 0 amide bonds. The highest BCUT2D eigenvalue weighted by molar-refractivity contribution is 6.33. The van der Waals surface area contributed by atoms with Crippen LogP contribution in [0.4, 0.5) is 0 Å². The molecule has 0 aliphatic carbocycles. The van der Waals surface area contributed by atoms with E-state index in [1.165, 1.54) is 6.21 Å². The minimum atomic E-state index is 0.584. The smallest absolute Gasteiger partial charge is 0.0748 e. The zero-order valence-corrected chi connectivity index (χ0v) is 7.92. The second-order valence-electron chi connectivity index (χ2n) is 1.77. The van der Waals surface area contributed by atoms with Gasteiger partial charge in [0.25, 0.3) is 0 Å². The maximum atomic E-state index is 8.15. The fraction of sp³-hybridized carbons (Fsp3) is 0.222. The first-order chi connectivity index (χ1) is 5.84. The van der Waals surface area contributed by atoms with E-state index in [1.54, 1.807) is 12.1 Å². The first-order valence-corrected chi connectivity index (χ1v) is 4.14. The SMILES string of the molecule is CC.O/N=C/c1ccccc1Cl. The normalized spacial score (nSPS) is 9.25. The summed E-state index contributed by atoms with van der Waals surface area (Å²) in [6.45, 7) is 4.00. The molecule has 0 saturated carbocycles. The first-order valence-electron chi connectivity index (χ1n) is 3.76. The van der Waals surface area contributed by atoms with Crippen molar-refractivity contribution in [1.29, 1.82) is 0 Å². The Hall–Kier alpha value is -1.02. The van der Waals surface area contributed by atoms with Gasteiger partial charge in [-0.25, -0.2) is 0 Å². The summed E-state index contributed by atoms with van der Waals surface area (Å²) in [6, 6.07) is 7.14. The van der Waals surface area contributed by atoms with E-state index in [0.29, 0.717) is 10.6 Å². The number of halogens is 1. The Morgan fingerprint density at radius 3 is 2.42 bits per heavy atom.